The Labute approximate surface area is 159 Å². The lowest BCUT2D eigenvalue weighted by molar-refractivity contribution is -0.121. The van der Waals surface area contributed by atoms with Crippen molar-refractivity contribution < 1.29 is 9.32 Å². The molecule has 1 atom stereocenters. The van der Waals surface area contributed by atoms with E-state index in [2.05, 4.69) is 15.5 Å². The van der Waals surface area contributed by atoms with Crippen LogP contribution >= 0.6 is 11.6 Å². The van der Waals surface area contributed by atoms with E-state index in [4.69, 9.17) is 16.1 Å². The van der Waals surface area contributed by atoms with Gasteiger partial charge in [0.1, 0.15) is 0 Å². The number of amides is 1. The van der Waals surface area contributed by atoms with Crippen LogP contribution in [-0.2, 0) is 11.2 Å². The third kappa shape index (κ3) is 5.81. The van der Waals surface area contributed by atoms with Gasteiger partial charge in [-0.1, -0.05) is 48.8 Å². The van der Waals surface area contributed by atoms with E-state index in [1.54, 1.807) is 0 Å². The third-order valence-corrected chi connectivity index (χ3v) is 4.52. The summed E-state index contributed by atoms with van der Waals surface area (Å²) < 4.78 is 5.19. The van der Waals surface area contributed by atoms with Gasteiger partial charge < -0.3 is 14.7 Å². The Hall–Kier alpha value is -1.92. The highest BCUT2D eigenvalue weighted by atomic mass is 35.5. The zero-order valence-electron chi connectivity index (χ0n) is 15.8. The van der Waals surface area contributed by atoms with Crippen molar-refractivity contribution in [3.8, 4) is 0 Å². The monoisotopic (exact) mass is 378 g/mol. The standard InChI is InChI=1S/C19H27ClN4O2/c1-13(2)19-22-18(26-23-19)11-7-10-17(25)21-12-16(24(3)4)14-8-5-6-9-15(14)20/h5-6,8-9,13,16H,7,10-12H2,1-4H3,(H,21,25). The number of likely N-dealkylation sites (N-methyl/N-ethyl adjacent to an activating group) is 1. The summed E-state index contributed by atoms with van der Waals surface area (Å²) >= 11 is 6.29. The Balaban J connectivity index is 1.80. The first-order valence-corrected chi connectivity index (χ1v) is 9.26. The molecule has 142 valence electrons. The summed E-state index contributed by atoms with van der Waals surface area (Å²) in [6.45, 7) is 4.54. The molecule has 0 saturated carbocycles. The fourth-order valence-electron chi connectivity index (χ4n) is 2.62. The molecule has 0 aliphatic rings. The average Bonchev–Trinajstić information content (AvgIpc) is 3.05. The van der Waals surface area contributed by atoms with Crippen LogP contribution in [-0.4, -0.2) is 41.6 Å². The lowest BCUT2D eigenvalue weighted by Gasteiger charge is -2.26. The van der Waals surface area contributed by atoms with Gasteiger partial charge in [0.05, 0.1) is 6.04 Å². The predicted octanol–water partition coefficient (Wildman–Crippen LogP) is 3.59. The fourth-order valence-corrected chi connectivity index (χ4v) is 2.88. The molecule has 7 heteroatoms. The number of halogens is 1. The summed E-state index contributed by atoms with van der Waals surface area (Å²) in [5, 5.41) is 7.63. The first kappa shape index (κ1) is 20.4. The topological polar surface area (TPSA) is 71.3 Å². The summed E-state index contributed by atoms with van der Waals surface area (Å²) in [7, 11) is 3.95. The van der Waals surface area contributed by atoms with Gasteiger partial charge >= 0.3 is 0 Å². The maximum absolute atomic E-state index is 12.2. The number of benzene rings is 1. The predicted molar refractivity (Wildman–Crippen MR) is 102 cm³/mol. The number of nitrogens with one attached hydrogen (secondary N) is 1. The minimum absolute atomic E-state index is 0.00695. The van der Waals surface area contributed by atoms with Gasteiger partial charge in [0, 0.05) is 30.3 Å². The van der Waals surface area contributed by atoms with Gasteiger partial charge in [0.25, 0.3) is 0 Å². The van der Waals surface area contributed by atoms with Gasteiger partial charge in [-0.05, 0) is 32.1 Å². The zero-order chi connectivity index (χ0) is 19.1. The molecule has 26 heavy (non-hydrogen) atoms. The van der Waals surface area contributed by atoms with Crippen LogP contribution in [0.5, 0.6) is 0 Å². The van der Waals surface area contributed by atoms with Crippen LogP contribution in [0, 0.1) is 0 Å². The molecule has 2 aromatic rings. The fraction of sp³-hybridized carbons (Fsp3) is 0.526. The van der Waals surface area contributed by atoms with E-state index < -0.39 is 0 Å². The Kier molecular flexibility index (Phi) is 7.60. The van der Waals surface area contributed by atoms with Crippen molar-refractivity contribution in [2.45, 2.75) is 45.1 Å². The van der Waals surface area contributed by atoms with Crippen molar-refractivity contribution in [3.05, 3.63) is 46.6 Å². The molecule has 1 amide bonds. The van der Waals surface area contributed by atoms with Crippen LogP contribution < -0.4 is 5.32 Å². The smallest absolute Gasteiger partial charge is 0.226 e. The molecule has 6 nitrogen and oxygen atoms in total. The molecule has 0 radical (unpaired) electrons. The van der Waals surface area contributed by atoms with Crippen LogP contribution in [0.4, 0.5) is 0 Å². The molecular formula is C19H27ClN4O2. The number of nitrogens with zero attached hydrogens (tertiary/aromatic N) is 3. The van der Waals surface area contributed by atoms with Crippen molar-refractivity contribution in [3.63, 3.8) is 0 Å². The first-order chi connectivity index (χ1) is 12.4. The number of rotatable bonds is 9. The molecule has 1 aromatic carbocycles. The van der Waals surface area contributed by atoms with Crippen molar-refractivity contribution in [1.82, 2.24) is 20.4 Å². The molecule has 1 unspecified atom stereocenters. The van der Waals surface area contributed by atoms with Crippen LogP contribution in [0.2, 0.25) is 5.02 Å². The second-order valence-electron chi connectivity index (χ2n) is 6.86. The number of aromatic nitrogens is 2. The molecular weight excluding hydrogens is 352 g/mol. The molecule has 1 aromatic heterocycles. The summed E-state index contributed by atoms with van der Waals surface area (Å²) in [5.41, 5.74) is 1.01. The van der Waals surface area contributed by atoms with Crippen molar-refractivity contribution in [2.75, 3.05) is 20.6 Å². The third-order valence-electron chi connectivity index (χ3n) is 4.17. The highest BCUT2D eigenvalue weighted by molar-refractivity contribution is 6.31. The van der Waals surface area contributed by atoms with Crippen LogP contribution in [0.1, 0.15) is 55.9 Å². The van der Waals surface area contributed by atoms with Crippen molar-refractivity contribution in [2.24, 2.45) is 0 Å². The molecule has 1 N–H and O–H groups in total. The molecule has 0 fully saturated rings. The van der Waals surface area contributed by atoms with E-state index in [0.29, 0.717) is 42.5 Å². The summed E-state index contributed by atoms with van der Waals surface area (Å²) in [6, 6.07) is 7.73. The van der Waals surface area contributed by atoms with Gasteiger partial charge in [-0.2, -0.15) is 4.98 Å². The molecule has 1 heterocycles. The van der Waals surface area contributed by atoms with E-state index in [-0.39, 0.29) is 17.9 Å². The lowest BCUT2D eigenvalue weighted by Crippen LogP contribution is -2.34. The minimum atomic E-state index is 0.00695. The van der Waals surface area contributed by atoms with Gasteiger partial charge in [-0.3, -0.25) is 4.79 Å². The van der Waals surface area contributed by atoms with Gasteiger partial charge in [0.2, 0.25) is 11.8 Å². The second-order valence-corrected chi connectivity index (χ2v) is 7.27. The molecule has 0 aliphatic carbocycles. The van der Waals surface area contributed by atoms with Gasteiger partial charge in [0.15, 0.2) is 5.82 Å². The molecule has 0 aliphatic heterocycles. The van der Waals surface area contributed by atoms with E-state index in [1.807, 2.05) is 57.1 Å². The number of aryl methyl sites for hydroxylation is 1. The first-order valence-electron chi connectivity index (χ1n) is 8.88. The summed E-state index contributed by atoms with van der Waals surface area (Å²) in [5.74, 6) is 1.54. The number of hydrogen-bond donors (Lipinski definition) is 1. The SMILES string of the molecule is CC(C)c1noc(CCCC(=O)NCC(c2ccccc2Cl)N(C)C)n1. The molecule has 0 spiro atoms. The van der Waals surface area contributed by atoms with Gasteiger partial charge in [-0.25, -0.2) is 0 Å². The van der Waals surface area contributed by atoms with Crippen LogP contribution in [0.25, 0.3) is 0 Å². The maximum atomic E-state index is 12.2. The quantitative estimate of drug-likeness (QED) is 0.722. The lowest BCUT2D eigenvalue weighted by atomic mass is 10.1. The molecule has 2 rings (SSSR count). The minimum Gasteiger partial charge on any atom is -0.354 e. The zero-order valence-corrected chi connectivity index (χ0v) is 16.6. The van der Waals surface area contributed by atoms with Crippen LogP contribution in [0.15, 0.2) is 28.8 Å². The Morgan fingerprint density at radius 3 is 2.65 bits per heavy atom. The van der Waals surface area contributed by atoms with Crippen LogP contribution in [0.3, 0.4) is 0 Å². The number of hydrogen-bond acceptors (Lipinski definition) is 5. The van der Waals surface area contributed by atoms with E-state index >= 15 is 0 Å². The van der Waals surface area contributed by atoms with E-state index in [1.165, 1.54) is 0 Å². The normalized spacial score (nSPS) is 12.6. The Morgan fingerprint density at radius 1 is 1.31 bits per heavy atom. The summed E-state index contributed by atoms with van der Waals surface area (Å²) in [4.78, 5) is 18.5. The molecule has 0 bridgehead atoms. The maximum Gasteiger partial charge on any atom is 0.226 e. The van der Waals surface area contributed by atoms with Crippen molar-refractivity contribution in [1.29, 1.82) is 0 Å². The van der Waals surface area contributed by atoms with Gasteiger partial charge in [-0.15, -0.1) is 0 Å². The largest absolute Gasteiger partial charge is 0.354 e. The Morgan fingerprint density at radius 2 is 2.04 bits per heavy atom. The summed E-state index contributed by atoms with van der Waals surface area (Å²) in [6.07, 6.45) is 1.70. The number of carbonyl (C=O) groups excluding carboxylic acids is 1. The van der Waals surface area contributed by atoms with E-state index in [0.717, 1.165) is 5.56 Å². The number of carbonyl (C=O) groups is 1. The highest BCUT2D eigenvalue weighted by Gasteiger charge is 2.18. The average molecular weight is 379 g/mol. The Bertz CT molecular complexity index is 715. The second kappa shape index (κ2) is 9.69. The van der Waals surface area contributed by atoms with Crippen molar-refractivity contribution >= 4 is 17.5 Å². The molecule has 0 saturated heterocycles. The highest BCUT2D eigenvalue weighted by Crippen LogP contribution is 2.25. The van der Waals surface area contributed by atoms with E-state index in [9.17, 15) is 4.79 Å².